The summed E-state index contributed by atoms with van der Waals surface area (Å²) in [5, 5.41) is 40.2. The van der Waals surface area contributed by atoms with E-state index in [1.165, 1.54) is 38.1 Å². The van der Waals surface area contributed by atoms with E-state index in [0.29, 0.717) is 6.61 Å². The summed E-state index contributed by atoms with van der Waals surface area (Å²) < 4.78 is 23.6. The fourth-order valence-electron chi connectivity index (χ4n) is 4.79. The zero-order valence-corrected chi connectivity index (χ0v) is 23.2. The van der Waals surface area contributed by atoms with Crippen LogP contribution in [-0.4, -0.2) is 63.4 Å². The van der Waals surface area contributed by atoms with Crippen molar-refractivity contribution in [2.45, 2.75) is 58.7 Å². The molecule has 0 saturated carbocycles. The normalized spacial score (nSPS) is 22.2. The second kappa shape index (κ2) is 12.5. The summed E-state index contributed by atoms with van der Waals surface area (Å²) >= 11 is 0. The Labute approximate surface area is 237 Å². The summed E-state index contributed by atoms with van der Waals surface area (Å²) in [5.74, 6) is -3.12. The Morgan fingerprint density at radius 2 is 1.29 bits per heavy atom. The lowest BCUT2D eigenvalue weighted by Gasteiger charge is -2.43. The highest BCUT2D eigenvalue weighted by atomic mass is 16.6. The molecule has 1 aliphatic rings. The first kappa shape index (κ1) is 29.7. The van der Waals surface area contributed by atoms with Gasteiger partial charge in [0.1, 0.15) is 41.8 Å². The number of aromatic hydroxyl groups is 4. The molecule has 3 aromatic carbocycles. The second-order valence-corrected chi connectivity index (χ2v) is 10.2. The SMILES string of the molecule is Cc1c(O)cc(C(=O)OCC2OC(C)C(OCc3ccccc3)C(C)C2OC(=O)c2cc(O)c(C)c(O)c2)cc1O. The van der Waals surface area contributed by atoms with E-state index in [9.17, 15) is 30.0 Å². The van der Waals surface area contributed by atoms with Crippen LogP contribution in [0.4, 0.5) is 0 Å². The summed E-state index contributed by atoms with van der Waals surface area (Å²) in [4.78, 5) is 25.9. The molecule has 5 unspecified atom stereocenters. The van der Waals surface area contributed by atoms with Gasteiger partial charge in [-0.2, -0.15) is 0 Å². The molecular formula is C31H34O10. The van der Waals surface area contributed by atoms with Gasteiger partial charge in [0.25, 0.3) is 0 Å². The molecule has 0 aromatic heterocycles. The Balaban J connectivity index is 1.54. The lowest BCUT2D eigenvalue weighted by Crippen LogP contribution is -2.56. The summed E-state index contributed by atoms with van der Waals surface area (Å²) in [7, 11) is 0. The summed E-state index contributed by atoms with van der Waals surface area (Å²) in [6.07, 6.45) is -2.81. The van der Waals surface area contributed by atoms with Gasteiger partial charge in [-0.15, -0.1) is 0 Å². The number of phenols is 4. The average Bonchev–Trinajstić information content (AvgIpc) is 2.94. The number of hydrogen-bond donors (Lipinski definition) is 4. The lowest BCUT2D eigenvalue weighted by atomic mass is 9.87. The van der Waals surface area contributed by atoms with Gasteiger partial charge in [0, 0.05) is 17.0 Å². The Bertz CT molecular complexity index is 1360. The number of phenolic OH excluding ortho intramolecular Hbond substituents is 4. The molecule has 4 rings (SSSR count). The van der Waals surface area contributed by atoms with Crippen LogP contribution in [-0.2, 0) is 25.6 Å². The Hall–Kier alpha value is -4.28. The van der Waals surface area contributed by atoms with Gasteiger partial charge < -0.3 is 39.4 Å². The third kappa shape index (κ3) is 6.72. The monoisotopic (exact) mass is 566 g/mol. The van der Waals surface area contributed by atoms with Crippen LogP contribution in [0.25, 0.3) is 0 Å². The molecule has 218 valence electrons. The largest absolute Gasteiger partial charge is 0.508 e. The van der Waals surface area contributed by atoms with Crippen LogP contribution in [0.3, 0.4) is 0 Å². The van der Waals surface area contributed by atoms with E-state index in [0.717, 1.165) is 5.56 Å². The van der Waals surface area contributed by atoms with Crippen LogP contribution in [0.2, 0.25) is 0 Å². The summed E-state index contributed by atoms with van der Waals surface area (Å²) in [5.41, 5.74) is 1.26. The molecule has 0 aliphatic carbocycles. The van der Waals surface area contributed by atoms with Crippen molar-refractivity contribution in [3.8, 4) is 23.0 Å². The molecule has 10 nitrogen and oxygen atoms in total. The van der Waals surface area contributed by atoms with Crippen molar-refractivity contribution < 1.29 is 49.0 Å². The van der Waals surface area contributed by atoms with Crippen molar-refractivity contribution >= 4 is 11.9 Å². The van der Waals surface area contributed by atoms with E-state index >= 15 is 0 Å². The van der Waals surface area contributed by atoms with Gasteiger partial charge in [-0.3, -0.25) is 0 Å². The van der Waals surface area contributed by atoms with E-state index in [-0.39, 0.29) is 51.9 Å². The number of carbonyl (C=O) groups excluding carboxylic acids is 2. The maximum absolute atomic E-state index is 13.1. The predicted molar refractivity (Wildman–Crippen MR) is 147 cm³/mol. The van der Waals surface area contributed by atoms with E-state index < -0.39 is 42.3 Å². The summed E-state index contributed by atoms with van der Waals surface area (Å²) in [6.45, 7) is 6.64. The third-order valence-electron chi connectivity index (χ3n) is 7.34. The molecule has 1 aliphatic heterocycles. The number of carbonyl (C=O) groups is 2. The first-order chi connectivity index (χ1) is 19.5. The minimum Gasteiger partial charge on any atom is -0.508 e. The molecular weight excluding hydrogens is 532 g/mol. The first-order valence-corrected chi connectivity index (χ1v) is 13.2. The molecule has 5 atom stereocenters. The van der Waals surface area contributed by atoms with Crippen molar-refractivity contribution in [3.05, 3.63) is 82.4 Å². The number of rotatable bonds is 8. The molecule has 3 aromatic rings. The van der Waals surface area contributed by atoms with Gasteiger partial charge in [0.15, 0.2) is 0 Å². The third-order valence-corrected chi connectivity index (χ3v) is 7.34. The standard InChI is InChI=1S/C31H34O10/c1-16-23(32)10-21(11-24(16)33)30(36)39-15-27-29(41-31(37)22-12-25(34)17(2)26(35)13-22)18(3)28(19(4)40-27)38-14-20-8-6-5-7-9-20/h5-13,18-19,27-29,32-35H,14-15H2,1-4H3. The average molecular weight is 567 g/mol. The minimum atomic E-state index is -0.947. The molecule has 0 bridgehead atoms. The highest BCUT2D eigenvalue weighted by Crippen LogP contribution is 2.34. The predicted octanol–water partition coefficient (Wildman–Crippen LogP) is 4.52. The molecule has 1 fully saturated rings. The van der Waals surface area contributed by atoms with Crippen molar-refractivity contribution in [1.82, 2.24) is 0 Å². The second-order valence-electron chi connectivity index (χ2n) is 10.2. The maximum Gasteiger partial charge on any atom is 0.338 e. The van der Waals surface area contributed by atoms with Crippen LogP contribution in [0.1, 0.15) is 51.3 Å². The maximum atomic E-state index is 13.1. The molecule has 0 amide bonds. The number of benzene rings is 3. The van der Waals surface area contributed by atoms with Crippen molar-refractivity contribution in [1.29, 1.82) is 0 Å². The summed E-state index contributed by atoms with van der Waals surface area (Å²) in [6, 6.07) is 14.3. The van der Waals surface area contributed by atoms with Gasteiger partial charge in [0.05, 0.1) is 29.9 Å². The fourth-order valence-corrected chi connectivity index (χ4v) is 4.79. The minimum absolute atomic E-state index is 0.0641. The quantitative estimate of drug-likeness (QED) is 0.287. The van der Waals surface area contributed by atoms with Crippen molar-refractivity contribution in [3.63, 3.8) is 0 Å². The molecule has 10 heteroatoms. The number of ether oxygens (including phenoxy) is 4. The number of esters is 2. The molecule has 1 heterocycles. The van der Waals surface area contributed by atoms with Crippen LogP contribution in [0, 0.1) is 19.8 Å². The Morgan fingerprint density at radius 1 is 0.780 bits per heavy atom. The van der Waals surface area contributed by atoms with Crippen LogP contribution in [0.5, 0.6) is 23.0 Å². The van der Waals surface area contributed by atoms with Crippen LogP contribution < -0.4 is 0 Å². The van der Waals surface area contributed by atoms with Crippen molar-refractivity contribution in [2.75, 3.05) is 6.61 Å². The molecule has 4 N–H and O–H groups in total. The lowest BCUT2D eigenvalue weighted by molar-refractivity contribution is -0.216. The molecule has 41 heavy (non-hydrogen) atoms. The van der Waals surface area contributed by atoms with Gasteiger partial charge in [-0.1, -0.05) is 37.3 Å². The molecule has 1 saturated heterocycles. The zero-order valence-electron chi connectivity index (χ0n) is 23.2. The fraction of sp³-hybridized carbons (Fsp3) is 0.355. The first-order valence-electron chi connectivity index (χ1n) is 13.2. The van der Waals surface area contributed by atoms with E-state index in [1.807, 2.05) is 44.2 Å². The van der Waals surface area contributed by atoms with Gasteiger partial charge >= 0.3 is 11.9 Å². The van der Waals surface area contributed by atoms with Gasteiger partial charge in [0.2, 0.25) is 0 Å². The van der Waals surface area contributed by atoms with E-state index in [2.05, 4.69) is 0 Å². The van der Waals surface area contributed by atoms with Gasteiger partial charge in [-0.05, 0) is 50.6 Å². The topological polar surface area (TPSA) is 152 Å². The molecule has 0 spiro atoms. The van der Waals surface area contributed by atoms with E-state index in [4.69, 9.17) is 18.9 Å². The molecule has 0 radical (unpaired) electrons. The van der Waals surface area contributed by atoms with Crippen LogP contribution >= 0.6 is 0 Å². The number of hydrogen-bond acceptors (Lipinski definition) is 10. The highest BCUT2D eigenvalue weighted by Gasteiger charge is 2.45. The van der Waals surface area contributed by atoms with Crippen molar-refractivity contribution in [2.24, 2.45) is 5.92 Å². The highest BCUT2D eigenvalue weighted by molar-refractivity contribution is 5.91. The Kier molecular flexibility index (Phi) is 9.05. The Morgan fingerprint density at radius 3 is 1.83 bits per heavy atom. The van der Waals surface area contributed by atoms with Crippen LogP contribution in [0.15, 0.2) is 54.6 Å². The zero-order chi connectivity index (χ0) is 29.8. The van der Waals surface area contributed by atoms with E-state index in [1.54, 1.807) is 0 Å². The van der Waals surface area contributed by atoms with Gasteiger partial charge in [-0.25, -0.2) is 9.59 Å². The smallest absolute Gasteiger partial charge is 0.338 e.